The molecule has 0 radical (unpaired) electrons. The molecule has 0 fully saturated rings. The van der Waals surface area contributed by atoms with Crippen LogP contribution in [0.1, 0.15) is 13.3 Å². The van der Waals surface area contributed by atoms with Crippen LogP contribution in [0.4, 0.5) is 0 Å². The number of nitrogens with one attached hydrogen (secondary N) is 1. The van der Waals surface area contributed by atoms with Gasteiger partial charge in [-0.3, -0.25) is 0 Å². The van der Waals surface area contributed by atoms with Gasteiger partial charge in [0.05, 0.1) is 5.50 Å². The molecule has 11 heavy (non-hydrogen) atoms. The van der Waals surface area contributed by atoms with Crippen LogP contribution < -0.4 is 11.1 Å². The Bertz CT molecular complexity index is 163. The average Bonchev–Trinajstić information content (AvgIpc) is 2.02. The normalized spacial score (nSPS) is 15.5. The van der Waals surface area contributed by atoms with Crippen LogP contribution in [0.5, 0.6) is 0 Å². The van der Waals surface area contributed by atoms with Crippen LogP contribution >= 0.6 is 11.6 Å². The quantitative estimate of drug-likeness (QED) is 0.386. The van der Waals surface area contributed by atoms with Crippen molar-refractivity contribution in [3.05, 3.63) is 23.9 Å². The van der Waals surface area contributed by atoms with Crippen molar-refractivity contribution in [3.63, 3.8) is 0 Å². The van der Waals surface area contributed by atoms with Crippen molar-refractivity contribution in [2.75, 3.05) is 7.05 Å². The minimum atomic E-state index is -0.0927. The van der Waals surface area contributed by atoms with Crippen LogP contribution in [0.15, 0.2) is 23.9 Å². The van der Waals surface area contributed by atoms with Gasteiger partial charge in [0, 0.05) is 12.1 Å². The minimum absolute atomic E-state index is 0.0927. The number of hydrogen-bond acceptors (Lipinski definition) is 2. The molecule has 0 aliphatic rings. The monoisotopic (exact) mass is 174 g/mol. The molecule has 0 amide bonds. The standard InChI is InChI=1S/C8H15ClN2/c1-4-6(2)7(10)5-8(9)11-3/h4,8,11H,1,5,10H2,2-3H3/b7-6+. The van der Waals surface area contributed by atoms with Gasteiger partial charge in [-0.15, -0.1) is 11.6 Å². The van der Waals surface area contributed by atoms with Gasteiger partial charge in [-0.2, -0.15) is 0 Å². The molecule has 1 unspecified atom stereocenters. The molecule has 0 saturated carbocycles. The van der Waals surface area contributed by atoms with Crippen molar-refractivity contribution >= 4 is 11.6 Å². The van der Waals surface area contributed by atoms with Gasteiger partial charge in [-0.05, 0) is 19.5 Å². The van der Waals surface area contributed by atoms with Gasteiger partial charge in [-0.1, -0.05) is 12.7 Å². The van der Waals surface area contributed by atoms with Crippen molar-refractivity contribution in [1.82, 2.24) is 5.32 Å². The average molecular weight is 175 g/mol. The first-order valence-electron chi connectivity index (χ1n) is 3.50. The Morgan fingerprint density at radius 1 is 1.82 bits per heavy atom. The van der Waals surface area contributed by atoms with Gasteiger partial charge in [0.2, 0.25) is 0 Å². The van der Waals surface area contributed by atoms with Crippen LogP contribution in [0, 0.1) is 0 Å². The van der Waals surface area contributed by atoms with Gasteiger partial charge in [0.15, 0.2) is 0 Å². The fourth-order valence-electron chi connectivity index (χ4n) is 0.587. The van der Waals surface area contributed by atoms with E-state index in [1.54, 1.807) is 13.1 Å². The zero-order valence-electron chi connectivity index (χ0n) is 7.02. The summed E-state index contributed by atoms with van der Waals surface area (Å²) in [6, 6.07) is 0. The topological polar surface area (TPSA) is 38.0 Å². The molecule has 0 saturated heterocycles. The van der Waals surface area contributed by atoms with Crippen LogP contribution in [0.3, 0.4) is 0 Å². The second kappa shape index (κ2) is 5.22. The first-order valence-corrected chi connectivity index (χ1v) is 3.94. The summed E-state index contributed by atoms with van der Waals surface area (Å²) in [7, 11) is 1.80. The molecule has 3 N–H and O–H groups in total. The second-order valence-corrected chi connectivity index (χ2v) is 2.90. The molecular weight excluding hydrogens is 160 g/mol. The maximum absolute atomic E-state index is 5.80. The maximum Gasteiger partial charge on any atom is 0.0878 e. The van der Waals surface area contributed by atoms with Crippen molar-refractivity contribution in [2.24, 2.45) is 5.73 Å². The molecule has 0 aromatic heterocycles. The predicted molar refractivity (Wildman–Crippen MR) is 50.4 cm³/mol. The Balaban J connectivity index is 4.04. The van der Waals surface area contributed by atoms with E-state index >= 15 is 0 Å². The molecule has 2 nitrogen and oxygen atoms in total. The number of alkyl halides is 1. The highest BCUT2D eigenvalue weighted by Gasteiger charge is 2.02. The SMILES string of the molecule is C=C/C(C)=C(/N)CC(Cl)NC. The number of nitrogens with two attached hydrogens (primary N) is 1. The number of halogens is 1. The van der Waals surface area contributed by atoms with Gasteiger partial charge < -0.3 is 11.1 Å². The summed E-state index contributed by atoms with van der Waals surface area (Å²) in [6.45, 7) is 5.53. The van der Waals surface area contributed by atoms with Gasteiger partial charge in [0.25, 0.3) is 0 Å². The fraction of sp³-hybridized carbons (Fsp3) is 0.500. The van der Waals surface area contributed by atoms with E-state index in [1.807, 2.05) is 6.92 Å². The third-order valence-electron chi connectivity index (χ3n) is 1.53. The van der Waals surface area contributed by atoms with Crippen molar-refractivity contribution < 1.29 is 0 Å². The Kier molecular flexibility index (Phi) is 4.99. The van der Waals surface area contributed by atoms with E-state index in [1.165, 1.54) is 0 Å². The molecule has 0 aromatic carbocycles. The lowest BCUT2D eigenvalue weighted by molar-refractivity contribution is 0.713. The van der Waals surface area contributed by atoms with E-state index in [-0.39, 0.29) is 5.50 Å². The zero-order chi connectivity index (χ0) is 8.85. The molecule has 0 bridgehead atoms. The van der Waals surface area contributed by atoms with E-state index in [0.29, 0.717) is 6.42 Å². The zero-order valence-corrected chi connectivity index (χ0v) is 7.78. The summed E-state index contributed by atoms with van der Waals surface area (Å²) in [5.41, 5.74) is 7.37. The Morgan fingerprint density at radius 2 is 2.36 bits per heavy atom. The van der Waals surface area contributed by atoms with Crippen molar-refractivity contribution in [1.29, 1.82) is 0 Å². The molecule has 0 spiro atoms. The molecule has 0 aromatic rings. The van der Waals surface area contributed by atoms with E-state index in [9.17, 15) is 0 Å². The summed E-state index contributed by atoms with van der Waals surface area (Å²) < 4.78 is 0. The molecule has 64 valence electrons. The van der Waals surface area contributed by atoms with Gasteiger partial charge >= 0.3 is 0 Å². The van der Waals surface area contributed by atoms with Gasteiger partial charge in [-0.25, -0.2) is 0 Å². The maximum atomic E-state index is 5.80. The third-order valence-corrected chi connectivity index (χ3v) is 1.90. The third kappa shape index (κ3) is 4.06. The molecule has 3 heteroatoms. The van der Waals surface area contributed by atoms with Crippen LogP contribution in [0.25, 0.3) is 0 Å². The predicted octanol–water partition coefficient (Wildman–Crippen LogP) is 1.58. The minimum Gasteiger partial charge on any atom is -0.402 e. The number of rotatable bonds is 4. The molecule has 0 heterocycles. The second-order valence-electron chi connectivity index (χ2n) is 2.37. The van der Waals surface area contributed by atoms with Crippen LogP contribution in [0.2, 0.25) is 0 Å². The first kappa shape index (κ1) is 10.5. The highest BCUT2D eigenvalue weighted by atomic mass is 35.5. The summed E-state index contributed by atoms with van der Waals surface area (Å²) in [5.74, 6) is 0. The fourth-order valence-corrected chi connectivity index (χ4v) is 0.753. The van der Waals surface area contributed by atoms with E-state index in [2.05, 4.69) is 11.9 Å². The van der Waals surface area contributed by atoms with Gasteiger partial charge in [0.1, 0.15) is 0 Å². The van der Waals surface area contributed by atoms with Crippen LogP contribution in [-0.4, -0.2) is 12.5 Å². The lowest BCUT2D eigenvalue weighted by atomic mass is 10.2. The molecule has 0 rings (SSSR count). The Hall–Kier alpha value is -0.470. The van der Waals surface area contributed by atoms with Crippen molar-refractivity contribution in [3.8, 4) is 0 Å². The molecule has 0 aliphatic heterocycles. The highest BCUT2D eigenvalue weighted by Crippen LogP contribution is 2.08. The largest absolute Gasteiger partial charge is 0.402 e. The first-order chi connectivity index (χ1) is 5.11. The van der Waals surface area contributed by atoms with Crippen molar-refractivity contribution in [2.45, 2.75) is 18.8 Å². The van der Waals surface area contributed by atoms with E-state index in [4.69, 9.17) is 17.3 Å². The highest BCUT2D eigenvalue weighted by molar-refractivity contribution is 6.20. The summed E-state index contributed by atoms with van der Waals surface area (Å²) in [6.07, 6.45) is 2.38. The lowest BCUT2D eigenvalue weighted by Gasteiger charge is -2.09. The number of hydrogen-bond donors (Lipinski definition) is 2. The van der Waals surface area contributed by atoms with Crippen LogP contribution in [-0.2, 0) is 0 Å². The van der Waals surface area contributed by atoms with E-state index in [0.717, 1.165) is 11.3 Å². The Morgan fingerprint density at radius 3 is 2.73 bits per heavy atom. The summed E-state index contributed by atoms with van der Waals surface area (Å²) >= 11 is 5.80. The molecule has 1 atom stereocenters. The molecular formula is C8H15ClN2. The molecule has 0 aliphatic carbocycles. The lowest BCUT2D eigenvalue weighted by Crippen LogP contribution is -2.21. The summed E-state index contributed by atoms with van der Waals surface area (Å²) in [4.78, 5) is 0. The Labute approximate surface area is 73.1 Å². The number of allylic oxidation sites excluding steroid dienone is 2. The van der Waals surface area contributed by atoms with E-state index < -0.39 is 0 Å². The summed E-state index contributed by atoms with van der Waals surface area (Å²) in [5, 5.41) is 2.89. The smallest absolute Gasteiger partial charge is 0.0878 e.